The fourth-order valence-corrected chi connectivity index (χ4v) is 0.642. The minimum atomic E-state index is -1.08. The second-order valence-electron chi connectivity index (χ2n) is 5.98. The molecule has 2 rings (SSSR count). The van der Waals surface area contributed by atoms with E-state index < -0.39 is 23.0 Å². The second kappa shape index (κ2) is 15.8. The number of carbonyl (C=O) groups is 2. The van der Waals surface area contributed by atoms with Crippen molar-refractivity contribution in [3.63, 3.8) is 0 Å². The summed E-state index contributed by atoms with van der Waals surface area (Å²) < 4.78 is 0. The third-order valence-electron chi connectivity index (χ3n) is 2.21. The molecular weight excluding hydrogens is 356 g/mol. The van der Waals surface area contributed by atoms with E-state index in [4.69, 9.17) is 21.7 Å². The zero-order valence-electron chi connectivity index (χ0n) is 15.1. The molecule has 138 valence electrons. The van der Waals surface area contributed by atoms with Crippen LogP contribution in [-0.2, 0) is 31.3 Å². The Labute approximate surface area is 168 Å². The molecule has 0 aliphatic heterocycles. The van der Waals surface area contributed by atoms with Crippen molar-refractivity contribution in [3.05, 3.63) is 64.2 Å². The fraction of sp³-hybridized carbons (Fsp3) is 0.333. The van der Waals surface area contributed by atoms with Gasteiger partial charge in [0, 0.05) is 21.7 Å². The van der Waals surface area contributed by atoms with Crippen molar-refractivity contribution in [3.8, 4) is 0 Å². The molecule has 10 radical (unpaired) electrons. The molecule has 0 bridgehead atoms. The van der Waals surface area contributed by atoms with Crippen molar-refractivity contribution in [1.82, 2.24) is 0 Å². The van der Waals surface area contributed by atoms with Crippen LogP contribution in [0.25, 0.3) is 0 Å². The summed E-state index contributed by atoms with van der Waals surface area (Å²) >= 11 is 0. The molecule has 2 aliphatic rings. The van der Waals surface area contributed by atoms with Crippen LogP contribution in [0.5, 0.6) is 0 Å². The van der Waals surface area contributed by atoms with Gasteiger partial charge in [-0.1, -0.05) is 0 Å². The van der Waals surface area contributed by atoms with E-state index in [0.717, 1.165) is 0 Å². The Morgan fingerprint density at radius 1 is 0.600 bits per heavy atom. The van der Waals surface area contributed by atoms with Gasteiger partial charge < -0.3 is 21.7 Å². The molecule has 2 saturated carbocycles. The maximum atomic E-state index is 9.90. The summed E-state index contributed by atoms with van der Waals surface area (Å²) in [4.78, 5) is 19.8. The minimum absolute atomic E-state index is 0. The molecule has 25 heavy (non-hydrogen) atoms. The van der Waals surface area contributed by atoms with Gasteiger partial charge in [-0.2, -0.15) is 0 Å². The Hall–Kier alpha value is -0.426. The van der Waals surface area contributed by atoms with E-state index in [1.54, 1.807) is 0 Å². The topological polar surface area (TPSA) is 127 Å². The van der Waals surface area contributed by atoms with Gasteiger partial charge >= 0.3 is 11.9 Å². The van der Waals surface area contributed by atoms with Crippen LogP contribution in [0.1, 0.15) is 27.7 Å². The molecular formula is C18H28N2O4Ti. The van der Waals surface area contributed by atoms with Crippen LogP contribution in [0, 0.1) is 64.2 Å². The van der Waals surface area contributed by atoms with Crippen LogP contribution >= 0.6 is 0 Å². The summed E-state index contributed by atoms with van der Waals surface area (Å²) in [5.41, 5.74) is 7.99. The van der Waals surface area contributed by atoms with Gasteiger partial charge in [0.1, 0.15) is 11.1 Å². The summed E-state index contributed by atoms with van der Waals surface area (Å²) in [6, 6.07) is 0. The van der Waals surface area contributed by atoms with E-state index in [2.05, 4.69) is 0 Å². The molecule has 6 nitrogen and oxygen atoms in total. The Kier molecular flexibility index (Phi) is 18.5. The van der Waals surface area contributed by atoms with Gasteiger partial charge in [0.05, 0.1) is 0 Å². The predicted molar refractivity (Wildman–Crippen MR) is 94.8 cm³/mol. The van der Waals surface area contributed by atoms with Crippen LogP contribution in [0.15, 0.2) is 0 Å². The first kappa shape index (κ1) is 29.3. The van der Waals surface area contributed by atoms with Crippen molar-refractivity contribution < 1.29 is 41.5 Å². The molecule has 0 aromatic rings. The second-order valence-corrected chi connectivity index (χ2v) is 5.98. The van der Waals surface area contributed by atoms with E-state index in [1.807, 2.05) is 64.2 Å². The van der Waals surface area contributed by atoms with Crippen molar-refractivity contribution >= 4 is 11.9 Å². The molecule has 0 spiro atoms. The molecule has 0 atom stereocenters. The number of carboxylic acid groups (broad SMARTS) is 2. The zero-order chi connectivity index (χ0) is 19.2. The van der Waals surface area contributed by atoms with Gasteiger partial charge in [0.15, 0.2) is 0 Å². The quantitative estimate of drug-likeness (QED) is 0.537. The maximum absolute atomic E-state index is 9.90. The van der Waals surface area contributed by atoms with E-state index in [-0.39, 0.29) is 21.7 Å². The Bertz CT molecular complexity index is 293. The number of hydrogen-bond acceptors (Lipinski definition) is 4. The number of hydrogen-bond donors (Lipinski definition) is 4. The van der Waals surface area contributed by atoms with Gasteiger partial charge in [-0.25, -0.2) is 0 Å². The predicted octanol–water partition coefficient (Wildman–Crippen LogP) is 1.66. The number of carboxylic acids is 2. The standard InChI is InChI=1S/2C5H5.2C4H9NO2.Ti/c2*1-2-4-5-3-1;2*1-4(2,5)3(6)7;/h2*1-5H;2*5H2,1-2H3,(H,6,7);. The molecule has 2 aliphatic carbocycles. The van der Waals surface area contributed by atoms with Crippen LogP contribution in [-0.4, -0.2) is 33.2 Å². The van der Waals surface area contributed by atoms with Gasteiger partial charge in [-0.15, -0.1) is 0 Å². The number of rotatable bonds is 2. The van der Waals surface area contributed by atoms with Crippen LogP contribution in [0.4, 0.5) is 0 Å². The average molecular weight is 384 g/mol. The number of nitrogens with two attached hydrogens (primary N) is 2. The molecule has 0 aromatic heterocycles. The van der Waals surface area contributed by atoms with Gasteiger partial charge in [-0.3, -0.25) is 9.59 Å². The van der Waals surface area contributed by atoms with E-state index in [0.29, 0.717) is 0 Å². The van der Waals surface area contributed by atoms with Gasteiger partial charge in [-0.05, 0) is 91.9 Å². The first-order valence-corrected chi connectivity index (χ1v) is 7.27. The largest absolute Gasteiger partial charge is 0.480 e. The molecule has 0 unspecified atom stereocenters. The maximum Gasteiger partial charge on any atom is 0.323 e. The Balaban J connectivity index is -0.000000257. The zero-order valence-corrected chi connectivity index (χ0v) is 16.7. The summed E-state index contributed by atoms with van der Waals surface area (Å²) in [5, 5.41) is 16.2. The monoisotopic (exact) mass is 384 g/mol. The normalized spacial score (nSPS) is 15.9. The Morgan fingerprint density at radius 3 is 0.720 bits per heavy atom. The first-order valence-electron chi connectivity index (χ1n) is 7.27. The minimum Gasteiger partial charge on any atom is -0.480 e. The summed E-state index contributed by atoms with van der Waals surface area (Å²) in [6.45, 7) is 5.76. The summed E-state index contributed by atoms with van der Waals surface area (Å²) in [7, 11) is 0. The smallest absolute Gasteiger partial charge is 0.323 e. The third kappa shape index (κ3) is 23.6. The van der Waals surface area contributed by atoms with Crippen molar-refractivity contribution in [2.24, 2.45) is 11.5 Å². The summed E-state index contributed by atoms with van der Waals surface area (Å²) in [5.74, 6) is -1.96. The third-order valence-corrected chi connectivity index (χ3v) is 2.21. The molecule has 2 fully saturated rings. The Morgan fingerprint density at radius 2 is 0.680 bits per heavy atom. The van der Waals surface area contributed by atoms with Crippen LogP contribution < -0.4 is 11.5 Å². The van der Waals surface area contributed by atoms with E-state index in [9.17, 15) is 9.59 Å². The molecule has 7 heteroatoms. The first-order chi connectivity index (χ1) is 10.9. The van der Waals surface area contributed by atoms with E-state index >= 15 is 0 Å². The van der Waals surface area contributed by atoms with Gasteiger partial charge in [0.2, 0.25) is 0 Å². The van der Waals surface area contributed by atoms with E-state index in [1.165, 1.54) is 27.7 Å². The van der Waals surface area contributed by atoms with Crippen LogP contribution in [0.3, 0.4) is 0 Å². The molecule has 0 amide bonds. The molecule has 0 saturated heterocycles. The molecule has 0 heterocycles. The van der Waals surface area contributed by atoms with Gasteiger partial charge in [0.25, 0.3) is 0 Å². The SMILES string of the molecule is CC(C)(N)C(=O)O.CC(C)(N)C(=O)O.[CH]1[CH][CH][CH][CH]1.[CH]1[CH][CH][CH][CH]1.[Ti]. The molecule has 0 aromatic carbocycles. The average Bonchev–Trinajstić information content (AvgIpc) is 3.16. The van der Waals surface area contributed by atoms with Crippen molar-refractivity contribution in [2.75, 3.05) is 0 Å². The van der Waals surface area contributed by atoms with Crippen molar-refractivity contribution in [1.29, 1.82) is 0 Å². The molecule has 6 N–H and O–H groups in total. The van der Waals surface area contributed by atoms with Crippen LogP contribution in [0.2, 0.25) is 0 Å². The fourth-order valence-electron chi connectivity index (χ4n) is 0.642. The van der Waals surface area contributed by atoms with Crippen molar-refractivity contribution in [2.45, 2.75) is 38.8 Å². The summed E-state index contributed by atoms with van der Waals surface area (Å²) in [6.07, 6.45) is 20.0. The number of aliphatic carboxylic acids is 2.